The Labute approximate surface area is 311 Å². The molecule has 0 radical (unpaired) electrons. The standard InChI is InChI=1S/C48H54N2O2/c1-34(2)31-46(48(5,6)7)47(51)52-45-29-27-42(28-30-45)50(44-18-12-14-36(4)33-44)41-25-21-38(22-26-41)37-19-23-40(24-20-37)49(39-15-9-8-10-16-39)43-17-11-13-35(3)32-43/h8-17,19-27,29,32-34,44,46H,18,28,30-31H2,1-7H3. The average Bonchev–Trinajstić information content (AvgIpc) is 3.12. The molecule has 0 amide bonds. The highest BCUT2D eigenvalue weighted by Gasteiger charge is 2.34. The first-order valence-corrected chi connectivity index (χ1v) is 18.8. The summed E-state index contributed by atoms with van der Waals surface area (Å²) in [5, 5.41) is 0. The van der Waals surface area contributed by atoms with Gasteiger partial charge in [-0.2, -0.15) is 0 Å². The maximum atomic E-state index is 13.3. The van der Waals surface area contributed by atoms with E-state index < -0.39 is 0 Å². The van der Waals surface area contributed by atoms with Gasteiger partial charge in [0.2, 0.25) is 0 Å². The number of hydrogen-bond acceptors (Lipinski definition) is 4. The number of aryl methyl sites for hydroxylation is 1. The molecule has 4 aromatic carbocycles. The van der Waals surface area contributed by atoms with Crippen LogP contribution >= 0.6 is 0 Å². The smallest absolute Gasteiger partial charge is 0.314 e. The Morgan fingerprint density at radius 2 is 1.40 bits per heavy atom. The molecule has 2 unspecified atom stereocenters. The van der Waals surface area contributed by atoms with Crippen LogP contribution in [-0.4, -0.2) is 12.0 Å². The van der Waals surface area contributed by atoms with Crippen molar-refractivity contribution in [2.24, 2.45) is 17.3 Å². The van der Waals surface area contributed by atoms with Crippen molar-refractivity contribution in [1.29, 1.82) is 0 Å². The van der Waals surface area contributed by atoms with Gasteiger partial charge in [-0.05, 0) is 122 Å². The molecule has 4 nitrogen and oxygen atoms in total. The Kier molecular flexibility index (Phi) is 11.3. The summed E-state index contributed by atoms with van der Waals surface area (Å²) in [6.45, 7) is 15.0. The number of rotatable bonds is 11. The van der Waals surface area contributed by atoms with Crippen molar-refractivity contribution in [3.63, 3.8) is 0 Å². The van der Waals surface area contributed by atoms with Crippen LogP contribution in [0.5, 0.6) is 0 Å². The van der Waals surface area contributed by atoms with E-state index in [0.29, 0.717) is 12.3 Å². The van der Waals surface area contributed by atoms with E-state index in [-0.39, 0.29) is 23.3 Å². The zero-order valence-electron chi connectivity index (χ0n) is 32.0. The minimum absolute atomic E-state index is 0.108. The summed E-state index contributed by atoms with van der Waals surface area (Å²) in [6, 6.07) is 37.2. The number of hydrogen-bond donors (Lipinski definition) is 0. The molecular weight excluding hydrogens is 637 g/mol. The summed E-state index contributed by atoms with van der Waals surface area (Å²) in [5.41, 5.74) is 10.5. The third-order valence-electron chi connectivity index (χ3n) is 10.1. The van der Waals surface area contributed by atoms with Gasteiger partial charge in [0.15, 0.2) is 0 Å². The van der Waals surface area contributed by atoms with Gasteiger partial charge in [-0.25, -0.2) is 0 Å². The Morgan fingerprint density at radius 3 is 1.98 bits per heavy atom. The molecule has 0 aliphatic heterocycles. The number of esters is 1. The molecule has 0 saturated heterocycles. The minimum atomic E-state index is -0.148. The summed E-state index contributed by atoms with van der Waals surface area (Å²) in [6.07, 6.45) is 14.3. The number of allylic oxidation sites excluding steroid dienone is 6. The van der Waals surface area contributed by atoms with Gasteiger partial charge in [0.05, 0.1) is 12.0 Å². The molecule has 2 aliphatic carbocycles. The molecule has 0 heterocycles. The average molecular weight is 691 g/mol. The second kappa shape index (κ2) is 16.1. The fraction of sp³-hybridized carbons (Fsp3) is 0.312. The van der Waals surface area contributed by atoms with Crippen molar-refractivity contribution in [2.45, 2.75) is 80.2 Å². The predicted molar refractivity (Wildman–Crippen MR) is 219 cm³/mol. The van der Waals surface area contributed by atoms with Crippen LogP contribution < -0.4 is 9.80 Å². The number of para-hydroxylation sites is 1. The van der Waals surface area contributed by atoms with Crippen molar-refractivity contribution in [2.75, 3.05) is 9.80 Å². The molecule has 4 heteroatoms. The normalized spacial score (nSPS) is 16.5. The Hall–Kier alpha value is -5.09. The Bertz CT molecular complexity index is 1960. The monoisotopic (exact) mass is 690 g/mol. The molecule has 6 rings (SSSR count). The van der Waals surface area contributed by atoms with Gasteiger partial charge in [-0.15, -0.1) is 0 Å². The topological polar surface area (TPSA) is 32.8 Å². The fourth-order valence-corrected chi connectivity index (χ4v) is 7.35. The largest absolute Gasteiger partial charge is 0.431 e. The molecule has 0 saturated carbocycles. The second-order valence-corrected chi connectivity index (χ2v) is 15.9. The van der Waals surface area contributed by atoms with E-state index in [1.165, 1.54) is 28.0 Å². The number of carbonyl (C=O) groups is 1. The molecular formula is C48H54N2O2. The van der Waals surface area contributed by atoms with Crippen molar-refractivity contribution in [3.05, 3.63) is 156 Å². The van der Waals surface area contributed by atoms with Gasteiger partial charge in [-0.3, -0.25) is 4.79 Å². The van der Waals surface area contributed by atoms with Crippen molar-refractivity contribution < 1.29 is 9.53 Å². The molecule has 4 aromatic rings. The molecule has 2 atom stereocenters. The summed E-state index contributed by atoms with van der Waals surface area (Å²) < 4.78 is 6.05. The molecule has 268 valence electrons. The second-order valence-electron chi connectivity index (χ2n) is 15.9. The van der Waals surface area contributed by atoms with Crippen LogP contribution in [0, 0.1) is 24.2 Å². The maximum Gasteiger partial charge on any atom is 0.314 e. The number of ether oxygens (including phenoxy) is 1. The van der Waals surface area contributed by atoms with Crippen molar-refractivity contribution in [3.8, 4) is 11.1 Å². The van der Waals surface area contributed by atoms with Crippen LogP contribution in [0.3, 0.4) is 0 Å². The summed E-state index contributed by atoms with van der Waals surface area (Å²) in [7, 11) is 0. The van der Waals surface area contributed by atoms with Gasteiger partial charge in [-0.1, -0.05) is 113 Å². The van der Waals surface area contributed by atoms with Crippen LogP contribution in [0.15, 0.2) is 151 Å². The van der Waals surface area contributed by atoms with Gasteiger partial charge in [0, 0.05) is 34.9 Å². The van der Waals surface area contributed by atoms with E-state index >= 15 is 0 Å². The van der Waals surface area contributed by atoms with Crippen LogP contribution in [0.1, 0.15) is 72.8 Å². The number of benzene rings is 4. The summed E-state index contributed by atoms with van der Waals surface area (Å²) in [4.78, 5) is 18.1. The van der Waals surface area contributed by atoms with E-state index in [0.717, 1.165) is 47.8 Å². The first-order chi connectivity index (χ1) is 25.0. The van der Waals surface area contributed by atoms with Crippen LogP contribution in [0.25, 0.3) is 11.1 Å². The van der Waals surface area contributed by atoms with Gasteiger partial charge in [0.1, 0.15) is 5.76 Å². The minimum Gasteiger partial charge on any atom is -0.431 e. The Balaban J connectivity index is 1.24. The van der Waals surface area contributed by atoms with Crippen molar-refractivity contribution in [1.82, 2.24) is 0 Å². The molecule has 0 aromatic heterocycles. The zero-order valence-corrected chi connectivity index (χ0v) is 32.0. The highest BCUT2D eigenvalue weighted by Crippen LogP contribution is 2.38. The third-order valence-corrected chi connectivity index (χ3v) is 10.1. The fourth-order valence-electron chi connectivity index (χ4n) is 7.35. The lowest BCUT2D eigenvalue weighted by Crippen LogP contribution is -2.35. The van der Waals surface area contributed by atoms with Gasteiger partial charge < -0.3 is 14.5 Å². The highest BCUT2D eigenvalue weighted by atomic mass is 16.5. The highest BCUT2D eigenvalue weighted by molar-refractivity contribution is 5.79. The van der Waals surface area contributed by atoms with E-state index in [1.54, 1.807) is 0 Å². The molecule has 0 fully saturated rings. The molecule has 0 N–H and O–H groups in total. The lowest BCUT2D eigenvalue weighted by molar-refractivity contribution is -0.149. The quantitative estimate of drug-likeness (QED) is 0.147. The molecule has 52 heavy (non-hydrogen) atoms. The number of anilines is 4. The summed E-state index contributed by atoms with van der Waals surface area (Å²) in [5.74, 6) is 0.943. The van der Waals surface area contributed by atoms with Crippen molar-refractivity contribution >= 4 is 28.7 Å². The van der Waals surface area contributed by atoms with E-state index in [2.05, 4.69) is 186 Å². The van der Waals surface area contributed by atoms with Crippen LogP contribution in [0.4, 0.5) is 22.7 Å². The first kappa shape index (κ1) is 36.7. The van der Waals surface area contributed by atoms with Gasteiger partial charge in [0.25, 0.3) is 0 Å². The van der Waals surface area contributed by atoms with E-state index in [1.807, 2.05) is 6.08 Å². The third kappa shape index (κ3) is 8.85. The van der Waals surface area contributed by atoms with E-state index in [4.69, 9.17) is 4.74 Å². The zero-order chi connectivity index (χ0) is 36.8. The Morgan fingerprint density at radius 1 is 0.769 bits per heavy atom. The molecule has 0 spiro atoms. The van der Waals surface area contributed by atoms with Crippen LogP contribution in [0.2, 0.25) is 0 Å². The molecule has 0 bridgehead atoms. The number of nitrogens with zero attached hydrogens (tertiary/aromatic N) is 2. The maximum absolute atomic E-state index is 13.3. The summed E-state index contributed by atoms with van der Waals surface area (Å²) >= 11 is 0. The SMILES string of the molecule is CC1=CC(N(C2=CC=C(OC(=O)C(CC(C)C)C(C)(C)C)CC2)c2ccc(-c3ccc(N(c4ccccc4)c4cccc(C)c4)cc3)cc2)CC=C1. The lowest BCUT2D eigenvalue weighted by Gasteiger charge is -2.36. The first-order valence-electron chi connectivity index (χ1n) is 18.8. The van der Waals surface area contributed by atoms with E-state index in [9.17, 15) is 4.79 Å². The van der Waals surface area contributed by atoms with Gasteiger partial charge >= 0.3 is 5.97 Å². The molecule has 2 aliphatic rings. The predicted octanol–water partition coefficient (Wildman–Crippen LogP) is 13.0. The number of carbonyl (C=O) groups excluding carboxylic acids is 1. The van der Waals surface area contributed by atoms with Crippen LogP contribution in [-0.2, 0) is 9.53 Å². The lowest BCUT2D eigenvalue weighted by atomic mass is 9.76.